The summed E-state index contributed by atoms with van der Waals surface area (Å²) in [4.78, 5) is 14.8. The van der Waals surface area contributed by atoms with Gasteiger partial charge in [-0.3, -0.25) is 9.69 Å². The van der Waals surface area contributed by atoms with Crippen molar-refractivity contribution in [2.75, 3.05) is 6.54 Å². The Hall–Kier alpha value is -2.44. The number of alkyl halides is 1. The summed E-state index contributed by atoms with van der Waals surface area (Å²) in [7, 11) is 0. The van der Waals surface area contributed by atoms with Gasteiger partial charge in [0.05, 0.1) is 6.04 Å². The SMILES string of the molecule is C[C@@H]1Cc2cc(C(=O)c3ccccc3)ccc2[C@@H](c2c(F)cc(Br)cc2F)N1CC(C)(C)F. The molecule has 6 heteroatoms. The second-order valence-corrected chi connectivity index (χ2v) is 10.2. The first-order valence-corrected chi connectivity index (χ1v) is 11.7. The predicted molar refractivity (Wildman–Crippen MR) is 127 cm³/mol. The first-order chi connectivity index (χ1) is 15.5. The highest BCUT2D eigenvalue weighted by atomic mass is 79.9. The summed E-state index contributed by atoms with van der Waals surface area (Å²) < 4.78 is 45.3. The van der Waals surface area contributed by atoms with Crippen LogP contribution in [-0.4, -0.2) is 28.9 Å². The van der Waals surface area contributed by atoms with Crippen LogP contribution in [0.4, 0.5) is 13.2 Å². The monoisotopic (exact) mass is 515 g/mol. The molecule has 33 heavy (non-hydrogen) atoms. The summed E-state index contributed by atoms with van der Waals surface area (Å²) in [6, 6.07) is 15.7. The Balaban J connectivity index is 1.85. The average molecular weight is 516 g/mol. The van der Waals surface area contributed by atoms with Crippen molar-refractivity contribution in [2.24, 2.45) is 0 Å². The van der Waals surface area contributed by atoms with Gasteiger partial charge in [0.25, 0.3) is 0 Å². The van der Waals surface area contributed by atoms with Crippen LogP contribution in [0.5, 0.6) is 0 Å². The highest BCUT2D eigenvalue weighted by Gasteiger charge is 2.39. The van der Waals surface area contributed by atoms with Crippen LogP contribution < -0.4 is 0 Å². The number of fused-ring (bicyclic) bond motifs is 1. The van der Waals surface area contributed by atoms with Crippen LogP contribution in [0.25, 0.3) is 0 Å². The normalized spacial score (nSPS) is 18.8. The van der Waals surface area contributed by atoms with Crippen LogP contribution in [-0.2, 0) is 6.42 Å². The van der Waals surface area contributed by atoms with E-state index in [2.05, 4.69) is 15.9 Å². The number of ketones is 1. The van der Waals surface area contributed by atoms with E-state index in [4.69, 9.17) is 0 Å². The number of rotatable bonds is 5. The van der Waals surface area contributed by atoms with Crippen molar-refractivity contribution in [1.82, 2.24) is 4.90 Å². The van der Waals surface area contributed by atoms with E-state index in [-0.39, 0.29) is 23.9 Å². The third-order valence-electron chi connectivity index (χ3n) is 6.02. The van der Waals surface area contributed by atoms with E-state index < -0.39 is 23.3 Å². The maximum absolute atomic E-state index is 15.1. The lowest BCUT2D eigenvalue weighted by Crippen LogP contribution is -2.48. The molecule has 0 unspecified atom stereocenters. The van der Waals surface area contributed by atoms with Gasteiger partial charge in [0.2, 0.25) is 0 Å². The van der Waals surface area contributed by atoms with Crippen LogP contribution in [0.3, 0.4) is 0 Å². The minimum atomic E-state index is -1.56. The molecule has 0 amide bonds. The quantitative estimate of drug-likeness (QED) is 0.339. The summed E-state index contributed by atoms with van der Waals surface area (Å²) in [6.07, 6.45) is 0.539. The number of hydrogen-bond donors (Lipinski definition) is 0. The largest absolute Gasteiger partial charge is 0.289 e. The zero-order valence-corrected chi connectivity index (χ0v) is 20.3. The van der Waals surface area contributed by atoms with Crippen LogP contribution >= 0.6 is 15.9 Å². The molecule has 0 aliphatic carbocycles. The van der Waals surface area contributed by atoms with Gasteiger partial charge in [-0.1, -0.05) is 58.4 Å². The molecular formula is C27H25BrF3NO. The molecule has 0 N–H and O–H groups in total. The lowest BCUT2D eigenvalue weighted by molar-refractivity contribution is 0.0652. The van der Waals surface area contributed by atoms with Crippen molar-refractivity contribution in [2.45, 2.75) is 44.9 Å². The van der Waals surface area contributed by atoms with E-state index in [1.54, 1.807) is 42.5 Å². The Kier molecular flexibility index (Phi) is 6.52. The molecule has 0 saturated heterocycles. The summed E-state index contributed by atoms with van der Waals surface area (Å²) in [6.45, 7) is 4.85. The first kappa shape index (κ1) is 23.7. The Morgan fingerprint density at radius 3 is 2.27 bits per heavy atom. The van der Waals surface area contributed by atoms with Crippen molar-refractivity contribution in [3.63, 3.8) is 0 Å². The van der Waals surface area contributed by atoms with E-state index in [1.165, 1.54) is 26.0 Å². The van der Waals surface area contributed by atoms with Gasteiger partial charge in [0, 0.05) is 33.7 Å². The van der Waals surface area contributed by atoms with Crippen molar-refractivity contribution in [3.8, 4) is 0 Å². The summed E-state index contributed by atoms with van der Waals surface area (Å²) in [5.74, 6) is -1.51. The van der Waals surface area contributed by atoms with Gasteiger partial charge in [0.15, 0.2) is 5.78 Å². The second-order valence-electron chi connectivity index (χ2n) is 9.24. The highest BCUT2D eigenvalue weighted by Crippen LogP contribution is 2.42. The fourth-order valence-corrected chi connectivity index (χ4v) is 5.03. The second kappa shape index (κ2) is 9.07. The number of carbonyl (C=O) groups is 1. The van der Waals surface area contributed by atoms with Crippen molar-refractivity contribution >= 4 is 21.7 Å². The maximum atomic E-state index is 15.1. The predicted octanol–water partition coefficient (Wildman–Crippen LogP) is 7.04. The van der Waals surface area contributed by atoms with Gasteiger partial charge >= 0.3 is 0 Å². The molecule has 4 rings (SSSR count). The van der Waals surface area contributed by atoms with E-state index in [1.807, 2.05) is 17.9 Å². The number of carbonyl (C=O) groups excluding carboxylic acids is 1. The smallest absolute Gasteiger partial charge is 0.193 e. The topological polar surface area (TPSA) is 20.3 Å². The minimum absolute atomic E-state index is 0.0118. The molecule has 1 heterocycles. The fourth-order valence-electron chi connectivity index (χ4n) is 4.63. The van der Waals surface area contributed by atoms with Crippen LogP contribution in [0.1, 0.15) is 59.4 Å². The molecule has 0 aromatic heterocycles. The zero-order valence-electron chi connectivity index (χ0n) is 18.7. The minimum Gasteiger partial charge on any atom is -0.289 e. The van der Waals surface area contributed by atoms with Gasteiger partial charge in [0.1, 0.15) is 17.3 Å². The number of halogens is 4. The standard InChI is InChI=1S/C27H25BrF3NO/c1-16-11-19-12-18(26(33)17-7-5-4-6-8-17)9-10-21(19)25(32(16)15-27(2,3)31)24-22(29)13-20(28)14-23(24)30/h4-10,12-14,16,25H,11,15H2,1-3H3/t16-,25+/m1/s1. The Labute approximate surface area is 200 Å². The molecule has 0 radical (unpaired) electrons. The molecule has 0 fully saturated rings. The molecule has 1 aliphatic heterocycles. The maximum Gasteiger partial charge on any atom is 0.193 e. The molecule has 2 atom stereocenters. The van der Waals surface area contributed by atoms with Gasteiger partial charge in [-0.25, -0.2) is 13.2 Å². The van der Waals surface area contributed by atoms with Gasteiger partial charge < -0.3 is 0 Å². The molecule has 1 aliphatic rings. The summed E-state index contributed by atoms with van der Waals surface area (Å²) >= 11 is 3.14. The Morgan fingerprint density at radius 2 is 1.67 bits per heavy atom. The van der Waals surface area contributed by atoms with E-state index in [0.717, 1.165) is 5.56 Å². The lowest BCUT2D eigenvalue weighted by Gasteiger charge is -2.44. The van der Waals surface area contributed by atoms with Crippen molar-refractivity contribution in [1.29, 1.82) is 0 Å². The molecular weight excluding hydrogens is 491 g/mol. The average Bonchev–Trinajstić information content (AvgIpc) is 2.74. The van der Waals surface area contributed by atoms with E-state index >= 15 is 8.78 Å². The van der Waals surface area contributed by atoms with E-state index in [9.17, 15) is 9.18 Å². The third-order valence-corrected chi connectivity index (χ3v) is 6.48. The fraction of sp³-hybridized carbons (Fsp3) is 0.296. The molecule has 0 spiro atoms. The molecule has 3 aromatic rings. The highest BCUT2D eigenvalue weighted by molar-refractivity contribution is 9.10. The number of hydrogen-bond acceptors (Lipinski definition) is 2. The van der Waals surface area contributed by atoms with Crippen molar-refractivity contribution < 1.29 is 18.0 Å². The van der Waals surface area contributed by atoms with Gasteiger partial charge in [-0.15, -0.1) is 0 Å². The molecule has 172 valence electrons. The van der Waals surface area contributed by atoms with Crippen LogP contribution in [0.15, 0.2) is 65.1 Å². The zero-order chi connectivity index (χ0) is 23.9. The summed E-state index contributed by atoms with van der Waals surface area (Å²) in [5.41, 5.74) is 0.934. The molecule has 2 nitrogen and oxygen atoms in total. The molecule has 3 aromatic carbocycles. The van der Waals surface area contributed by atoms with Gasteiger partial charge in [-0.05, 0) is 56.5 Å². The van der Waals surface area contributed by atoms with E-state index in [0.29, 0.717) is 27.6 Å². The molecule has 0 saturated carbocycles. The van der Waals surface area contributed by atoms with Crippen LogP contribution in [0, 0.1) is 11.6 Å². The Bertz CT molecular complexity index is 1170. The van der Waals surface area contributed by atoms with Crippen molar-refractivity contribution in [3.05, 3.63) is 105 Å². The number of benzene rings is 3. The first-order valence-electron chi connectivity index (χ1n) is 10.9. The van der Waals surface area contributed by atoms with Crippen LogP contribution in [0.2, 0.25) is 0 Å². The Morgan fingerprint density at radius 1 is 1.03 bits per heavy atom. The van der Waals surface area contributed by atoms with Gasteiger partial charge in [-0.2, -0.15) is 0 Å². The number of nitrogens with zero attached hydrogens (tertiary/aromatic N) is 1. The lowest BCUT2D eigenvalue weighted by atomic mass is 9.82. The molecule has 0 bridgehead atoms. The summed E-state index contributed by atoms with van der Waals surface area (Å²) in [5, 5.41) is 0. The third kappa shape index (κ3) is 4.92.